The molecule has 5 nitrogen and oxygen atoms in total. The molecule has 1 atom stereocenters. The van der Waals surface area contributed by atoms with E-state index >= 15 is 0 Å². The van der Waals surface area contributed by atoms with Crippen LogP contribution in [0.3, 0.4) is 0 Å². The van der Waals surface area contributed by atoms with Gasteiger partial charge in [0.1, 0.15) is 6.54 Å². The van der Waals surface area contributed by atoms with Gasteiger partial charge in [0.2, 0.25) is 10.0 Å². The maximum absolute atomic E-state index is 13.5. The van der Waals surface area contributed by atoms with E-state index in [-0.39, 0.29) is 17.2 Å². The van der Waals surface area contributed by atoms with Gasteiger partial charge in [-0.25, -0.2) is 13.1 Å². The van der Waals surface area contributed by atoms with Crippen LogP contribution >= 0.6 is 0 Å². The topological polar surface area (TPSA) is 63.2 Å². The fourth-order valence-corrected chi connectivity index (χ4v) is 7.18. The first-order chi connectivity index (χ1) is 14.3. The number of hydrogen-bond donors (Lipinski definition) is 1. The van der Waals surface area contributed by atoms with Crippen molar-refractivity contribution >= 4 is 15.8 Å². The Kier molecular flexibility index (Phi) is 6.85. The third-order valence-electron chi connectivity index (χ3n) is 6.93. The molecule has 0 bridgehead atoms. The van der Waals surface area contributed by atoms with Crippen molar-refractivity contribution in [3.05, 3.63) is 40.5 Å². The van der Waals surface area contributed by atoms with E-state index in [1.54, 1.807) is 0 Å². The zero-order valence-corrected chi connectivity index (χ0v) is 20.9. The third-order valence-corrected chi connectivity index (χ3v) is 8.70. The number of Topliss-reactive ketones (excluding diaryl/α,β-unsaturated/α-hetero) is 1. The van der Waals surface area contributed by atoms with E-state index in [4.69, 9.17) is 0 Å². The second-order valence-electron chi connectivity index (χ2n) is 10.8. The number of likely N-dealkylation sites (tertiary alicyclic amines) is 1. The molecule has 0 amide bonds. The van der Waals surface area contributed by atoms with Crippen LogP contribution in [-0.2, 0) is 14.8 Å². The monoisotopic (exact) mass is 447 g/mol. The molecule has 2 aliphatic rings. The molecule has 0 spiro atoms. The van der Waals surface area contributed by atoms with Crippen LogP contribution in [0, 0.1) is 26.2 Å². The van der Waals surface area contributed by atoms with E-state index < -0.39 is 10.0 Å². The van der Waals surface area contributed by atoms with Gasteiger partial charge in [-0.05, 0) is 43.7 Å². The molecule has 1 heterocycles. The smallest absolute Gasteiger partial charge is 0.241 e. The van der Waals surface area contributed by atoms with Crippen LogP contribution < -0.4 is 4.72 Å². The maximum Gasteiger partial charge on any atom is 0.241 e. The number of ketones is 1. The predicted octanol–water partition coefficient (Wildman–Crippen LogP) is 4.20. The molecular weight excluding hydrogens is 408 g/mol. The molecule has 0 radical (unpaired) electrons. The van der Waals surface area contributed by atoms with Crippen LogP contribution in [0.1, 0.15) is 63.1 Å². The van der Waals surface area contributed by atoms with Crippen molar-refractivity contribution < 1.29 is 17.7 Å². The van der Waals surface area contributed by atoms with Crippen LogP contribution in [-0.4, -0.2) is 50.9 Å². The van der Waals surface area contributed by atoms with Crippen LogP contribution in [0.25, 0.3) is 0 Å². The summed E-state index contributed by atoms with van der Waals surface area (Å²) in [5.41, 5.74) is 3.33. The van der Waals surface area contributed by atoms with E-state index in [0.717, 1.165) is 65.6 Å². The summed E-state index contributed by atoms with van der Waals surface area (Å²) >= 11 is 0. The predicted molar refractivity (Wildman–Crippen MR) is 126 cm³/mol. The lowest BCUT2D eigenvalue weighted by atomic mass is 9.86. The Balaban J connectivity index is 1.91. The summed E-state index contributed by atoms with van der Waals surface area (Å²) in [5.74, 6) is 0.267. The Morgan fingerprint density at radius 3 is 2.13 bits per heavy atom. The highest BCUT2D eigenvalue weighted by atomic mass is 32.2. The average Bonchev–Trinajstić information content (AvgIpc) is 3.22. The normalized spacial score (nSPS) is 20.2. The Morgan fingerprint density at radius 1 is 1.06 bits per heavy atom. The number of carbonyl (C=O) groups excluding carboxylic acids is 1. The number of sulfonamides is 1. The number of benzene rings is 1. The number of carbonyl (C=O) groups is 1. The largest absolute Gasteiger partial charge is 0.318 e. The first-order valence-corrected chi connectivity index (χ1v) is 13.0. The molecule has 1 fully saturated rings. The van der Waals surface area contributed by atoms with Crippen LogP contribution in [0.2, 0.25) is 0 Å². The number of quaternary nitrogens is 1. The summed E-state index contributed by atoms with van der Waals surface area (Å²) in [5, 5.41) is 0. The highest BCUT2D eigenvalue weighted by Gasteiger charge is 2.42. The molecule has 0 unspecified atom stereocenters. The van der Waals surface area contributed by atoms with E-state index in [0.29, 0.717) is 17.9 Å². The van der Waals surface area contributed by atoms with Gasteiger partial charge in [-0.15, -0.1) is 0 Å². The molecule has 6 heteroatoms. The van der Waals surface area contributed by atoms with Gasteiger partial charge in [-0.1, -0.05) is 44.5 Å². The lowest BCUT2D eigenvalue weighted by Crippen LogP contribution is -2.58. The van der Waals surface area contributed by atoms with Crippen molar-refractivity contribution in [1.82, 2.24) is 4.72 Å². The van der Waals surface area contributed by atoms with Crippen molar-refractivity contribution in [2.75, 3.05) is 26.2 Å². The zero-order valence-electron chi connectivity index (χ0n) is 20.0. The molecule has 1 aliphatic carbocycles. The minimum atomic E-state index is -3.67. The van der Waals surface area contributed by atoms with Gasteiger partial charge in [-0.2, -0.15) is 0 Å². The van der Waals surface area contributed by atoms with Crippen LogP contribution in [0.15, 0.2) is 28.7 Å². The highest BCUT2D eigenvalue weighted by molar-refractivity contribution is 7.89. The van der Waals surface area contributed by atoms with Crippen molar-refractivity contribution in [1.29, 1.82) is 0 Å². The first kappa shape index (κ1) is 24.1. The van der Waals surface area contributed by atoms with Crippen molar-refractivity contribution in [2.24, 2.45) is 5.41 Å². The summed E-state index contributed by atoms with van der Waals surface area (Å²) in [7, 11) is -3.67. The van der Waals surface area contributed by atoms with E-state index in [1.807, 2.05) is 32.9 Å². The number of aryl methyl sites for hydroxylation is 3. The van der Waals surface area contributed by atoms with Crippen LogP contribution in [0.4, 0.5) is 0 Å². The van der Waals surface area contributed by atoms with Gasteiger partial charge >= 0.3 is 0 Å². The Morgan fingerprint density at radius 2 is 1.65 bits per heavy atom. The maximum atomic E-state index is 13.5. The third kappa shape index (κ3) is 5.47. The fourth-order valence-electron chi connectivity index (χ4n) is 5.29. The molecule has 0 saturated carbocycles. The summed E-state index contributed by atoms with van der Waals surface area (Å²) in [6, 6.07) is 3.63. The molecule has 1 saturated heterocycles. The van der Waals surface area contributed by atoms with E-state index in [2.05, 4.69) is 31.6 Å². The molecule has 3 rings (SSSR count). The SMILES string of the molecule is Cc1cc(C)c(S(=O)(=O)N[C@H](C[N+]2(CC3=CCCC3=O)CCCC2)C(C)(C)C)c(C)c1. The molecule has 1 aromatic rings. The zero-order chi connectivity index (χ0) is 23.0. The van der Waals surface area contributed by atoms with E-state index in [9.17, 15) is 13.2 Å². The molecule has 1 aliphatic heterocycles. The number of nitrogens with zero attached hydrogens (tertiary/aromatic N) is 1. The number of allylic oxidation sites excluding steroid dienone is 1. The number of rotatable bonds is 7. The molecule has 0 aromatic heterocycles. The van der Waals surface area contributed by atoms with Gasteiger partial charge in [0.15, 0.2) is 5.78 Å². The molecule has 172 valence electrons. The Labute approximate surface area is 188 Å². The van der Waals surface area contributed by atoms with Crippen molar-refractivity contribution in [3.63, 3.8) is 0 Å². The van der Waals surface area contributed by atoms with E-state index in [1.165, 1.54) is 0 Å². The number of hydrogen-bond acceptors (Lipinski definition) is 3. The standard InChI is InChI=1S/C25H39N2O3S/c1-18-14-19(2)24(20(3)15-18)31(29,30)26-23(25(4,5)6)17-27(12-7-8-13-27)16-21-10-9-11-22(21)28/h10,14-15,23,26H,7-9,11-13,16-17H2,1-6H3/q+1/t23-/m1/s1. The quantitative estimate of drug-likeness (QED) is 0.637. The summed E-state index contributed by atoms with van der Waals surface area (Å²) < 4.78 is 31.0. The van der Waals surface area contributed by atoms with Gasteiger partial charge < -0.3 is 4.48 Å². The average molecular weight is 448 g/mol. The van der Waals surface area contributed by atoms with Gasteiger partial charge in [-0.3, -0.25) is 4.79 Å². The van der Waals surface area contributed by atoms with Crippen molar-refractivity contribution in [2.45, 2.75) is 78.2 Å². The van der Waals surface area contributed by atoms with Crippen LogP contribution in [0.5, 0.6) is 0 Å². The second kappa shape index (κ2) is 8.80. The Bertz CT molecular complexity index is 958. The van der Waals surface area contributed by atoms with Crippen molar-refractivity contribution in [3.8, 4) is 0 Å². The lowest BCUT2D eigenvalue weighted by molar-refractivity contribution is -0.913. The lowest BCUT2D eigenvalue weighted by Gasteiger charge is -2.41. The highest BCUT2D eigenvalue weighted by Crippen LogP contribution is 2.31. The summed E-state index contributed by atoms with van der Waals surface area (Å²) in [6.07, 6.45) is 5.81. The van der Waals surface area contributed by atoms with Gasteiger partial charge in [0, 0.05) is 24.8 Å². The Hall–Kier alpha value is -1.50. The minimum Gasteiger partial charge on any atom is -0.318 e. The molecule has 31 heavy (non-hydrogen) atoms. The number of nitrogens with one attached hydrogen (secondary N) is 1. The van der Waals surface area contributed by atoms with Gasteiger partial charge in [0.25, 0.3) is 0 Å². The summed E-state index contributed by atoms with van der Waals surface area (Å²) in [4.78, 5) is 12.7. The minimum absolute atomic E-state index is 0.229. The van der Waals surface area contributed by atoms with Gasteiger partial charge in [0.05, 0.1) is 30.6 Å². The second-order valence-corrected chi connectivity index (χ2v) is 12.4. The first-order valence-electron chi connectivity index (χ1n) is 11.5. The summed E-state index contributed by atoms with van der Waals surface area (Å²) in [6.45, 7) is 15.5. The molecule has 1 aromatic carbocycles. The fraction of sp³-hybridized carbons (Fsp3) is 0.640. The molecule has 1 N–H and O–H groups in total. The molecular formula is C25H39N2O3S+.